The van der Waals surface area contributed by atoms with Gasteiger partial charge in [0.1, 0.15) is 0 Å². The number of nitrogens with two attached hydrogens (primary N) is 1. The van der Waals surface area contributed by atoms with Gasteiger partial charge in [-0.05, 0) is 59.0 Å². The highest BCUT2D eigenvalue weighted by molar-refractivity contribution is 9.10. The molecule has 26 heavy (non-hydrogen) atoms. The van der Waals surface area contributed by atoms with E-state index in [2.05, 4.69) is 75.6 Å². The van der Waals surface area contributed by atoms with Gasteiger partial charge in [0.05, 0.1) is 0 Å². The van der Waals surface area contributed by atoms with Gasteiger partial charge >= 0.3 is 0 Å². The van der Waals surface area contributed by atoms with Crippen molar-refractivity contribution >= 4 is 38.4 Å². The van der Waals surface area contributed by atoms with E-state index in [1.54, 1.807) is 0 Å². The van der Waals surface area contributed by atoms with Crippen molar-refractivity contribution in [1.29, 1.82) is 0 Å². The van der Waals surface area contributed by atoms with Crippen LogP contribution >= 0.6 is 27.5 Å². The first-order valence-corrected chi connectivity index (χ1v) is 9.64. The molecule has 3 aromatic carbocycles. The monoisotopic (exact) mass is 424 g/mol. The Morgan fingerprint density at radius 3 is 2.42 bits per heavy atom. The van der Waals surface area contributed by atoms with Crippen molar-refractivity contribution in [3.8, 4) is 11.1 Å². The number of rotatable bonds is 4. The van der Waals surface area contributed by atoms with Gasteiger partial charge in [-0.1, -0.05) is 57.9 Å². The smallest absolute Gasteiger partial charge is 0.0475 e. The Balaban J connectivity index is 1.83. The maximum atomic E-state index is 6.13. The zero-order valence-corrected chi connectivity index (χ0v) is 16.4. The molecular weight excluding hydrogens is 408 g/mol. The number of halogens is 2. The maximum Gasteiger partial charge on any atom is 0.0475 e. The molecule has 0 aliphatic rings. The summed E-state index contributed by atoms with van der Waals surface area (Å²) in [6.07, 6.45) is 2.93. The summed E-state index contributed by atoms with van der Waals surface area (Å²) in [6.45, 7) is 0.528. The molecule has 1 heterocycles. The molecule has 4 rings (SSSR count). The molecule has 0 aliphatic carbocycles. The van der Waals surface area contributed by atoms with Crippen LogP contribution in [0.5, 0.6) is 0 Å². The Labute approximate surface area is 166 Å². The number of aromatic amines is 1. The van der Waals surface area contributed by atoms with Crippen LogP contribution in [0.3, 0.4) is 0 Å². The van der Waals surface area contributed by atoms with Crippen LogP contribution in [0, 0.1) is 0 Å². The van der Waals surface area contributed by atoms with Crippen LogP contribution in [0.4, 0.5) is 0 Å². The number of hydrogen-bond donors (Lipinski definition) is 2. The normalized spacial score (nSPS) is 11.2. The summed E-state index contributed by atoms with van der Waals surface area (Å²) in [5.41, 5.74) is 13.0. The van der Waals surface area contributed by atoms with Gasteiger partial charge in [-0.3, -0.25) is 0 Å². The van der Waals surface area contributed by atoms with E-state index in [1.165, 1.54) is 27.6 Å². The average molecular weight is 426 g/mol. The molecule has 0 spiro atoms. The van der Waals surface area contributed by atoms with E-state index in [-0.39, 0.29) is 0 Å². The lowest BCUT2D eigenvalue weighted by Crippen LogP contribution is -1.99. The van der Waals surface area contributed by atoms with Gasteiger partial charge in [-0.2, -0.15) is 0 Å². The lowest BCUT2D eigenvalue weighted by atomic mass is 9.93. The highest BCUT2D eigenvalue weighted by atomic mass is 79.9. The fourth-order valence-electron chi connectivity index (χ4n) is 3.30. The molecule has 0 amide bonds. The number of H-pyrrole nitrogens is 1. The second-order valence-electron chi connectivity index (χ2n) is 6.39. The zero-order valence-electron chi connectivity index (χ0n) is 14.1. The highest BCUT2D eigenvalue weighted by Gasteiger charge is 2.12. The van der Waals surface area contributed by atoms with E-state index < -0.39 is 0 Å². The standard InChI is InChI=1S/C22H18BrClN2/c23-17-5-2-14(3-6-17)9-16-4-1-15(12-25)10-20(16)21-13-26-22-11-18(24)7-8-19(21)22/h1-8,10-11,13,26H,9,12,25H2. The Hall–Kier alpha value is -2.07. The Kier molecular flexibility index (Phi) is 4.86. The molecule has 130 valence electrons. The lowest BCUT2D eigenvalue weighted by Gasteiger charge is -2.12. The first kappa shape index (κ1) is 17.3. The van der Waals surface area contributed by atoms with Gasteiger partial charge in [0.25, 0.3) is 0 Å². The number of nitrogens with one attached hydrogen (secondary N) is 1. The van der Waals surface area contributed by atoms with E-state index in [0.29, 0.717) is 6.54 Å². The van der Waals surface area contributed by atoms with Crippen molar-refractivity contribution < 1.29 is 0 Å². The van der Waals surface area contributed by atoms with Crippen molar-refractivity contribution in [1.82, 2.24) is 4.98 Å². The van der Waals surface area contributed by atoms with Crippen molar-refractivity contribution in [3.63, 3.8) is 0 Å². The largest absolute Gasteiger partial charge is 0.361 e. The van der Waals surface area contributed by atoms with E-state index in [0.717, 1.165) is 27.0 Å². The Bertz CT molecular complexity index is 1070. The first-order valence-electron chi connectivity index (χ1n) is 8.47. The summed E-state index contributed by atoms with van der Waals surface area (Å²) >= 11 is 9.63. The molecule has 3 N–H and O–H groups in total. The summed E-state index contributed by atoms with van der Waals surface area (Å²) in [6, 6.07) is 20.9. The summed E-state index contributed by atoms with van der Waals surface area (Å²) < 4.78 is 1.09. The molecule has 0 atom stereocenters. The van der Waals surface area contributed by atoms with Crippen molar-refractivity contribution in [2.75, 3.05) is 0 Å². The molecule has 0 unspecified atom stereocenters. The minimum Gasteiger partial charge on any atom is -0.361 e. The second-order valence-corrected chi connectivity index (χ2v) is 7.74. The van der Waals surface area contributed by atoms with Crippen LogP contribution in [0.25, 0.3) is 22.0 Å². The molecule has 0 saturated heterocycles. The summed E-state index contributed by atoms with van der Waals surface area (Å²) in [4.78, 5) is 3.34. The third-order valence-electron chi connectivity index (χ3n) is 4.65. The Morgan fingerprint density at radius 2 is 1.65 bits per heavy atom. The molecule has 0 saturated carbocycles. The lowest BCUT2D eigenvalue weighted by molar-refractivity contribution is 1.06. The third-order valence-corrected chi connectivity index (χ3v) is 5.42. The molecule has 0 fully saturated rings. The molecule has 1 aromatic heterocycles. The van der Waals surface area contributed by atoms with E-state index in [4.69, 9.17) is 17.3 Å². The molecule has 0 bridgehead atoms. The average Bonchev–Trinajstić information content (AvgIpc) is 3.06. The van der Waals surface area contributed by atoms with E-state index >= 15 is 0 Å². The van der Waals surface area contributed by atoms with Crippen LogP contribution in [-0.2, 0) is 13.0 Å². The summed E-state index contributed by atoms with van der Waals surface area (Å²) in [7, 11) is 0. The molecular formula is C22H18BrClN2. The van der Waals surface area contributed by atoms with Gasteiger partial charge < -0.3 is 10.7 Å². The van der Waals surface area contributed by atoms with E-state index in [1.807, 2.05) is 12.1 Å². The summed E-state index contributed by atoms with van der Waals surface area (Å²) in [5, 5.41) is 1.90. The van der Waals surface area contributed by atoms with Crippen LogP contribution in [-0.4, -0.2) is 4.98 Å². The fraction of sp³-hybridized carbons (Fsp3) is 0.0909. The van der Waals surface area contributed by atoms with Crippen LogP contribution in [0.15, 0.2) is 71.3 Å². The minimum absolute atomic E-state index is 0.528. The topological polar surface area (TPSA) is 41.8 Å². The van der Waals surface area contributed by atoms with Crippen molar-refractivity contribution in [2.45, 2.75) is 13.0 Å². The van der Waals surface area contributed by atoms with Crippen LogP contribution < -0.4 is 5.73 Å². The Morgan fingerprint density at radius 1 is 0.885 bits per heavy atom. The fourth-order valence-corrected chi connectivity index (χ4v) is 3.74. The molecule has 4 aromatic rings. The van der Waals surface area contributed by atoms with Crippen molar-refractivity contribution in [3.05, 3.63) is 93.0 Å². The quantitative estimate of drug-likeness (QED) is 0.396. The third kappa shape index (κ3) is 3.43. The van der Waals surface area contributed by atoms with Crippen LogP contribution in [0.2, 0.25) is 5.02 Å². The number of fused-ring (bicyclic) bond motifs is 1. The zero-order chi connectivity index (χ0) is 18.1. The highest BCUT2D eigenvalue weighted by Crippen LogP contribution is 2.34. The minimum atomic E-state index is 0.528. The van der Waals surface area contributed by atoms with Gasteiger partial charge in [0, 0.05) is 38.7 Å². The molecule has 4 heteroatoms. The van der Waals surface area contributed by atoms with Gasteiger partial charge in [-0.15, -0.1) is 0 Å². The second kappa shape index (κ2) is 7.28. The SMILES string of the molecule is NCc1ccc(Cc2ccc(Br)cc2)c(-c2c[nH]c3cc(Cl)ccc23)c1. The van der Waals surface area contributed by atoms with Crippen molar-refractivity contribution in [2.24, 2.45) is 5.73 Å². The molecule has 2 nitrogen and oxygen atoms in total. The predicted octanol–water partition coefficient (Wildman–Crippen LogP) is 6.30. The van der Waals surface area contributed by atoms with Gasteiger partial charge in [0.15, 0.2) is 0 Å². The number of benzene rings is 3. The number of hydrogen-bond acceptors (Lipinski definition) is 1. The predicted molar refractivity (Wildman–Crippen MR) is 114 cm³/mol. The first-order chi connectivity index (χ1) is 12.6. The van der Waals surface area contributed by atoms with Gasteiger partial charge in [0.2, 0.25) is 0 Å². The number of aromatic nitrogens is 1. The molecule has 0 radical (unpaired) electrons. The van der Waals surface area contributed by atoms with Crippen LogP contribution in [0.1, 0.15) is 16.7 Å². The molecule has 0 aliphatic heterocycles. The summed E-state index contributed by atoms with van der Waals surface area (Å²) in [5.74, 6) is 0. The van der Waals surface area contributed by atoms with E-state index in [9.17, 15) is 0 Å². The van der Waals surface area contributed by atoms with Gasteiger partial charge in [-0.25, -0.2) is 0 Å². The maximum absolute atomic E-state index is 6.13.